The summed E-state index contributed by atoms with van der Waals surface area (Å²) in [4.78, 5) is 29.5. The average Bonchev–Trinajstić information content (AvgIpc) is 3.35. The van der Waals surface area contributed by atoms with Crippen molar-refractivity contribution in [1.82, 2.24) is 29.9 Å². The summed E-state index contributed by atoms with van der Waals surface area (Å²) >= 11 is 0. The largest absolute Gasteiger partial charge is 0.213 e. The molecule has 0 radical (unpaired) electrons. The molecular formula is C59H48N6. The van der Waals surface area contributed by atoms with Crippen molar-refractivity contribution in [3.63, 3.8) is 0 Å². The number of aryl methyl sites for hydroxylation is 1. The van der Waals surface area contributed by atoms with E-state index in [2.05, 4.69) is 155 Å². The third kappa shape index (κ3) is 9.73. The van der Waals surface area contributed by atoms with Gasteiger partial charge < -0.3 is 0 Å². The van der Waals surface area contributed by atoms with Crippen LogP contribution in [0.15, 0.2) is 213 Å². The SMILES string of the molecule is C=C/C=C(/c1ccc(-c2nc(C/C=C\C=C/C(C)C)nc(-c3ccccc3)n2)cc1)c1ccc2c(-c3ccc(-c4nc(-c5ccccc5)nc(-c5ccccc5C)n4)cc3)cccc2c1. The van der Waals surface area contributed by atoms with Crippen LogP contribution in [0.1, 0.15) is 36.4 Å². The molecule has 6 heteroatoms. The Labute approximate surface area is 381 Å². The molecule has 2 aromatic heterocycles. The molecule has 65 heavy (non-hydrogen) atoms. The van der Waals surface area contributed by atoms with Crippen LogP contribution in [0.5, 0.6) is 0 Å². The molecule has 0 unspecified atom stereocenters. The van der Waals surface area contributed by atoms with Crippen LogP contribution < -0.4 is 0 Å². The number of hydrogen-bond donors (Lipinski definition) is 0. The first kappa shape index (κ1) is 42.1. The van der Waals surface area contributed by atoms with Crippen molar-refractivity contribution < 1.29 is 0 Å². The lowest BCUT2D eigenvalue weighted by Crippen LogP contribution is -2.02. The molecule has 0 N–H and O–H groups in total. The highest BCUT2D eigenvalue weighted by molar-refractivity contribution is 5.99. The minimum Gasteiger partial charge on any atom is -0.213 e. The lowest BCUT2D eigenvalue weighted by molar-refractivity contribution is 0.832. The van der Waals surface area contributed by atoms with Crippen molar-refractivity contribution in [1.29, 1.82) is 0 Å². The van der Waals surface area contributed by atoms with E-state index in [0.29, 0.717) is 41.5 Å². The molecule has 0 saturated carbocycles. The van der Waals surface area contributed by atoms with E-state index in [1.807, 2.05) is 78.9 Å². The Hall–Kier alpha value is -8.22. The van der Waals surface area contributed by atoms with Crippen LogP contribution in [0.2, 0.25) is 0 Å². The predicted molar refractivity (Wildman–Crippen MR) is 269 cm³/mol. The van der Waals surface area contributed by atoms with Gasteiger partial charge in [0, 0.05) is 34.2 Å². The zero-order valence-corrected chi connectivity index (χ0v) is 36.8. The first-order valence-electron chi connectivity index (χ1n) is 22.0. The van der Waals surface area contributed by atoms with E-state index in [1.165, 1.54) is 0 Å². The lowest BCUT2D eigenvalue weighted by Gasteiger charge is -2.13. The summed E-state index contributed by atoms with van der Waals surface area (Å²) in [5.74, 6) is 4.45. The molecule has 0 atom stereocenters. The van der Waals surface area contributed by atoms with Gasteiger partial charge in [0.05, 0.1) is 0 Å². The minimum absolute atomic E-state index is 0.493. The van der Waals surface area contributed by atoms with Gasteiger partial charge in [-0.1, -0.05) is 221 Å². The molecule has 7 aromatic carbocycles. The summed E-state index contributed by atoms with van der Waals surface area (Å²) in [6, 6.07) is 58.5. The molecule has 2 heterocycles. The highest BCUT2D eigenvalue weighted by atomic mass is 15.0. The van der Waals surface area contributed by atoms with Crippen LogP contribution in [0.25, 0.3) is 84.4 Å². The fraction of sp³-hybridized carbons (Fsp3) is 0.0847. The maximum Gasteiger partial charge on any atom is 0.164 e. The predicted octanol–water partition coefficient (Wildman–Crippen LogP) is 14.4. The van der Waals surface area contributed by atoms with E-state index in [4.69, 9.17) is 29.9 Å². The first-order valence-corrected chi connectivity index (χ1v) is 22.0. The van der Waals surface area contributed by atoms with E-state index in [1.54, 1.807) is 0 Å². The van der Waals surface area contributed by atoms with Gasteiger partial charge in [0.25, 0.3) is 0 Å². The van der Waals surface area contributed by atoms with E-state index < -0.39 is 0 Å². The summed E-state index contributed by atoms with van der Waals surface area (Å²) in [6.07, 6.45) is 12.9. The summed E-state index contributed by atoms with van der Waals surface area (Å²) < 4.78 is 0. The quantitative estimate of drug-likeness (QED) is 0.108. The monoisotopic (exact) mass is 840 g/mol. The smallest absolute Gasteiger partial charge is 0.164 e. The molecule has 0 amide bonds. The summed E-state index contributed by atoms with van der Waals surface area (Å²) in [5, 5.41) is 2.31. The number of aromatic nitrogens is 6. The summed E-state index contributed by atoms with van der Waals surface area (Å²) in [5.41, 5.74) is 11.3. The second kappa shape index (κ2) is 19.4. The molecule has 9 aromatic rings. The standard InChI is InChI=1S/C59H48N6/c1-5-18-51(42-29-33-46(34-30-42)56-61-54(28-14-6-9-19-40(2)3)60-55(62-56)44-21-10-7-11-22-44)49-37-38-53-48(39-49)25-17-27-52(53)43-31-35-47(36-32-43)58-63-57(45-23-12-8-13-24-45)64-59(65-58)50-26-16-15-20-41(50)4/h5-27,29-40H,1,28H2,2-4H3/b14-6-,19-9-,51-18-. The van der Waals surface area contributed by atoms with Crippen molar-refractivity contribution in [2.24, 2.45) is 5.92 Å². The lowest BCUT2D eigenvalue weighted by atomic mass is 9.92. The van der Waals surface area contributed by atoms with Crippen molar-refractivity contribution in [2.75, 3.05) is 0 Å². The van der Waals surface area contributed by atoms with E-state index in [0.717, 1.165) is 77.8 Å². The van der Waals surface area contributed by atoms with E-state index >= 15 is 0 Å². The van der Waals surface area contributed by atoms with Gasteiger partial charge in [-0.2, -0.15) is 0 Å². The van der Waals surface area contributed by atoms with Crippen molar-refractivity contribution in [3.05, 3.63) is 235 Å². The molecule has 0 fully saturated rings. The summed E-state index contributed by atoms with van der Waals surface area (Å²) in [6.45, 7) is 10.5. The van der Waals surface area contributed by atoms with Crippen LogP contribution in [-0.2, 0) is 6.42 Å². The maximum atomic E-state index is 4.99. The van der Waals surface area contributed by atoms with Gasteiger partial charge in [-0.3, -0.25) is 0 Å². The van der Waals surface area contributed by atoms with Crippen LogP contribution >= 0.6 is 0 Å². The number of fused-ring (bicyclic) bond motifs is 1. The number of rotatable bonds is 13. The Morgan fingerprint density at radius 1 is 0.492 bits per heavy atom. The van der Waals surface area contributed by atoms with Crippen LogP contribution in [0.3, 0.4) is 0 Å². The zero-order chi connectivity index (χ0) is 44.5. The van der Waals surface area contributed by atoms with Crippen LogP contribution in [-0.4, -0.2) is 29.9 Å². The highest BCUT2D eigenvalue weighted by Gasteiger charge is 2.16. The number of benzene rings is 7. The third-order valence-corrected chi connectivity index (χ3v) is 11.2. The number of nitrogens with zero attached hydrogens (tertiary/aromatic N) is 6. The van der Waals surface area contributed by atoms with Gasteiger partial charge >= 0.3 is 0 Å². The van der Waals surface area contributed by atoms with Crippen molar-refractivity contribution >= 4 is 16.3 Å². The Kier molecular flexibility index (Phi) is 12.6. The van der Waals surface area contributed by atoms with Crippen LogP contribution in [0, 0.1) is 12.8 Å². The zero-order valence-electron chi connectivity index (χ0n) is 36.8. The molecule has 314 valence electrons. The Bertz CT molecular complexity index is 3200. The van der Waals surface area contributed by atoms with Gasteiger partial charge in [0.15, 0.2) is 29.1 Å². The second-order valence-corrected chi connectivity index (χ2v) is 16.2. The molecular weight excluding hydrogens is 793 g/mol. The molecule has 0 bridgehead atoms. The molecule has 0 aliphatic heterocycles. The highest BCUT2D eigenvalue weighted by Crippen LogP contribution is 2.35. The molecule has 0 aliphatic rings. The van der Waals surface area contributed by atoms with Crippen LogP contribution in [0.4, 0.5) is 0 Å². The fourth-order valence-corrected chi connectivity index (χ4v) is 7.84. The fourth-order valence-electron chi connectivity index (χ4n) is 7.84. The third-order valence-electron chi connectivity index (χ3n) is 11.2. The van der Waals surface area contributed by atoms with Gasteiger partial charge in [0.2, 0.25) is 0 Å². The second-order valence-electron chi connectivity index (χ2n) is 16.2. The Balaban J connectivity index is 0.997. The number of allylic oxidation sites excluding steroid dienone is 6. The molecule has 0 spiro atoms. The normalized spacial score (nSPS) is 11.8. The Morgan fingerprint density at radius 2 is 1.02 bits per heavy atom. The Morgan fingerprint density at radius 3 is 1.63 bits per heavy atom. The molecule has 0 saturated heterocycles. The maximum absolute atomic E-state index is 4.99. The van der Waals surface area contributed by atoms with Crippen molar-refractivity contribution in [2.45, 2.75) is 27.2 Å². The molecule has 9 rings (SSSR count). The van der Waals surface area contributed by atoms with E-state index in [-0.39, 0.29) is 0 Å². The van der Waals surface area contributed by atoms with Gasteiger partial charge in [-0.05, 0) is 63.1 Å². The van der Waals surface area contributed by atoms with Gasteiger partial charge in [0.1, 0.15) is 5.82 Å². The minimum atomic E-state index is 0.493. The average molecular weight is 841 g/mol. The first-order chi connectivity index (χ1) is 31.9. The van der Waals surface area contributed by atoms with Crippen molar-refractivity contribution in [3.8, 4) is 68.1 Å². The molecule has 6 nitrogen and oxygen atoms in total. The topological polar surface area (TPSA) is 77.3 Å². The number of hydrogen-bond acceptors (Lipinski definition) is 6. The van der Waals surface area contributed by atoms with Gasteiger partial charge in [-0.15, -0.1) is 0 Å². The van der Waals surface area contributed by atoms with Gasteiger partial charge in [-0.25, -0.2) is 29.9 Å². The molecule has 0 aliphatic carbocycles. The summed E-state index contributed by atoms with van der Waals surface area (Å²) in [7, 11) is 0. The van der Waals surface area contributed by atoms with E-state index in [9.17, 15) is 0 Å².